The maximum atomic E-state index is 14.5. The van der Waals surface area contributed by atoms with Gasteiger partial charge in [-0.3, -0.25) is 9.59 Å². The highest BCUT2D eigenvalue weighted by Gasteiger charge is 2.47. The van der Waals surface area contributed by atoms with Crippen molar-refractivity contribution in [3.05, 3.63) is 46.8 Å². The van der Waals surface area contributed by atoms with Gasteiger partial charge in [0.2, 0.25) is 5.95 Å². The molecule has 6 rings (SSSR count). The van der Waals surface area contributed by atoms with Crippen LogP contribution in [0.15, 0.2) is 24.4 Å². The van der Waals surface area contributed by atoms with Crippen LogP contribution < -0.4 is 15.5 Å². The van der Waals surface area contributed by atoms with Gasteiger partial charge in [0.05, 0.1) is 11.5 Å². The van der Waals surface area contributed by atoms with Gasteiger partial charge in [0, 0.05) is 49.5 Å². The number of alkyl halides is 3. The minimum absolute atomic E-state index is 0.115. The first-order chi connectivity index (χ1) is 21.4. The fourth-order valence-corrected chi connectivity index (χ4v) is 8.11. The van der Waals surface area contributed by atoms with E-state index in [4.69, 9.17) is 0 Å². The van der Waals surface area contributed by atoms with Crippen LogP contribution in [0.25, 0.3) is 0 Å². The number of benzene rings is 1. The highest BCUT2D eigenvalue weighted by Crippen LogP contribution is 2.50. The SMILES string of the molecule is CCNC(=O)N1CCC2(CC1)CN(c1ncc(C(=O)NC3CC4CC(C3)CC(C(=O)O)C4)c(C(F)(F)F)n1)c1ccc(C)cc12. The Bertz CT molecular complexity index is 1480. The van der Waals surface area contributed by atoms with Crippen molar-refractivity contribution >= 4 is 29.5 Å². The van der Waals surface area contributed by atoms with Gasteiger partial charge in [-0.1, -0.05) is 17.7 Å². The van der Waals surface area contributed by atoms with E-state index in [1.54, 1.807) is 9.80 Å². The lowest BCUT2D eigenvalue weighted by Gasteiger charge is -2.41. The number of amides is 3. The van der Waals surface area contributed by atoms with Crippen LogP contribution in [-0.2, 0) is 16.4 Å². The molecule has 3 N–H and O–H groups in total. The van der Waals surface area contributed by atoms with Crippen LogP contribution in [0.5, 0.6) is 0 Å². The molecule has 2 aliphatic carbocycles. The number of hydrogen-bond acceptors (Lipinski definition) is 6. The van der Waals surface area contributed by atoms with E-state index >= 15 is 0 Å². The molecule has 2 aliphatic heterocycles. The molecule has 13 heteroatoms. The van der Waals surface area contributed by atoms with Gasteiger partial charge in [-0.15, -0.1) is 0 Å². The first-order valence-electron chi connectivity index (χ1n) is 15.8. The Morgan fingerprint density at radius 1 is 1.07 bits per heavy atom. The number of aliphatic carboxylic acids is 1. The first kappa shape index (κ1) is 31.1. The maximum Gasteiger partial charge on any atom is 0.434 e. The molecule has 2 bridgehead atoms. The Morgan fingerprint density at radius 2 is 1.76 bits per heavy atom. The fourth-order valence-electron chi connectivity index (χ4n) is 8.11. The average molecular weight is 629 g/mol. The molecule has 0 radical (unpaired) electrons. The van der Waals surface area contributed by atoms with Gasteiger partial charge in [-0.05, 0) is 82.3 Å². The number of likely N-dealkylation sites (tertiary alicyclic amines) is 1. The Morgan fingerprint density at radius 3 is 2.38 bits per heavy atom. The molecule has 3 amide bonds. The largest absolute Gasteiger partial charge is 0.481 e. The number of halogens is 3. The zero-order valence-electron chi connectivity index (χ0n) is 25.5. The number of piperidine rings is 1. The number of carboxylic acids is 1. The second kappa shape index (κ2) is 11.8. The number of carbonyl (C=O) groups is 3. The maximum absolute atomic E-state index is 14.5. The summed E-state index contributed by atoms with van der Waals surface area (Å²) in [6.45, 7) is 5.75. The molecule has 1 aromatic carbocycles. The molecule has 2 unspecified atom stereocenters. The molecule has 242 valence electrons. The highest BCUT2D eigenvalue weighted by atomic mass is 19.4. The summed E-state index contributed by atoms with van der Waals surface area (Å²) in [4.78, 5) is 49.0. The zero-order chi connectivity index (χ0) is 32.1. The fraction of sp³-hybridized carbons (Fsp3) is 0.594. The standard InChI is InChI=1S/C32H39F3N6O4/c1-3-36-30(45)40-8-6-31(7-9-40)17-41(25-5-4-18(2)10-24(25)31)29-37-16-23(26(39-29)32(33,34)35)27(42)38-22-14-19-11-20(15-22)13-21(12-19)28(43)44/h4-5,10,16,19-22H,3,6-9,11-15,17H2,1-2H3,(H,36,45)(H,38,42)(H,43,44). The van der Waals surface area contributed by atoms with Gasteiger partial charge < -0.3 is 25.5 Å². The summed E-state index contributed by atoms with van der Waals surface area (Å²) in [5.74, 6) is -1.99. The lowest BCUT2D eigenvalue weighted by Crippen LogP contribution is -2.49. The van der Waals surface area contributed by atoms with Gasteiger partial charge in [-0.25, -0.2) is 14.8 Å². The van der Waals surface area contributed by atoms with Crippen molar-refractivity contribution in [2.75, 3.05) is 31.1 Å². The predicted octanol–water partition coefficient (Wildman–Crippen LogP) is 5.03. The van der Waals surface area contributed by atoms with Crippen molar-refractivity contribution < 1.29 is 32.7 Å². The van der Waals surface area contributed by atoms with E-state index in [2.05, 4.69) is 26.7 Å². The molecule has 3 fully saturated rings. The van der Waals surface area contributed by atoms with E-state index in [0.717, 1.165) is 29.4 Å². The number of aryl methyl sites for hydroxylation is 1. The molecule has 1 spiro atoms. The number of nitrogens with zero attached hydrogens (tertiary/aromatic N) is 4. The van der Waals surface area contributed by atoms with E-state index in [0.29, 0.717) is 64.7 Å². The zero-order valence-corrected chi connectivity index (χ0v) is 25.5. The summed E-state index contributed by atoms with van der Waals surface area (Å²) in [6, 6.07) is 5.37. The average Bonchev–Trinajstić information content (AvgIpc) is 3.29. The molecule has 2 atom stereocenters. The summed E-state index contributed by atoms with van der Waals surface area (Å²) in [5, 5.41) is 15.1. The highest BCUT2D eigenvalue weighted by molar-refractivity contribution is 5.95. The number of rotatable bonds is 5. The first-order valence-corrected chi connectivity index (χ1v) is 15.8. The number of carbonyl (C=O) groups excluding carboxylic acids is 2. The van der Waals surface area contributed by atoms with Crippen molar-refractivity contribution in [3.8, 4) is 0 Å². The predicted molar refractivity (Wildman–Crippen MR) is 159 cm³/mol. The third kappa shape index (κ3) is 6.05. The summed E-state index contributed by atoms with van der Waals surface area (Å²) in [5.41, 5.74) is 0.457. The second-order valence-corrected chi connectivity index (χ2v) is 13.3. The topological polar surface area (TPSA) is 128 Å². The number of carboxylic acid groups (broad SMARTS) is 1. The van der Waals surface area contributed by atoms with Gasteiger partial charge in [0.1, 0.15) is 0 Å². The molecule has 45 heavy (non-hydrogen) atoms. The molecule has 1 aromatic heterocycles. The van der Waals surface area contributed by atoms with Crippen LogP contribution >= 0.6 is 0 Å². The quantitative estimate of drug-likeness (QED) is 0.424. The molecule has 1 saturated heterocycles. The smallest absolute Gasteiger partial charge is 0.434 e. The number of fused-ring (bicyclic) bond motifs is 4. The molecule has 2 saturated carbocycles. The molecular weight excluding hydrogens is 589 g/mol. The van der Waals surface area contributed by atoms with Gasteiger partial charge in [-0.2, -0.15) is 13.2 Å². The molecule has 3 heterocycles. The van der Waals surface area contributed by atoms with Crippen molar-refractivity contribution in [2.24, 2.45) is 17.8 Å². The number of urea groups is 1. The van der Waals surface area contributed by atoms with Crippen LogP contribution in [-0.4, -0.2) is 70.1 Å². The third-order valence-corrected chi connectivity index (χ3v) is 10.2. The van der Waals surface area contributed by atoms with E-state index in [-0.39, 0.29) is 35.3 Å². The summed E-state index contributed by atoms with van der Waals surface area (Å²) in [6.07, 6.45) is 0.351. The third-order valence-electron chi connectivity index (χ3n) is 10.2. The molecule has 10 nitrogen and oxygen atoms in total. The minimum Gasteiger partial charge on any atom is -0.481 e. The number of hydrogen-bond donors (Lipinski definition) is 3. The minimum atomic E-state index is -4.90. The Kier molecular flexibility index (Phi) is 8.15. The number of nitrogens with one attached hydrogen (secondary N) is 2. The van der Waals surface area contributed by atoms with Crippen molar-refractivity contribution in [3.63, 3.8) is 0 Å². The summed E-state index contributed by atoms with van der Waals surface area (Å²) >= 11 is 0. The Labute approximate surface area is 259 Å². The van der Waals surface area contributed by atoms with E-state index in [1.165, 1.54) is 0 Å². The lowest BCUT2D eigenvalue weighted by molar-refractivity contribution is -0.144. The van der Waals surface area contributed by atoms with Gasteiger partial charge in [0.25, 0.3) is 5.91 Å². The second-order valence-electron chi connectivity index (χ2n) is 13.3. The normalized spacial score (nSPS) is 25.5. The lowest BCUT2D eigenvalue weighted by atomic mass is 9.66. The number of anilines is 2. The monoisotopic (exact) mass is 628 g/mol. The van der Waals surface area contributed by atoms with E-state index < -0.39 is 35.2 Å². The van der Waals surface area contributed by atoms with Gasteiger partial charge in [0.15, 0.2) is 5.69 Å². The Hall–Kier alpha value is -3.90. The van der Waals surface area contributed by atoms with Gasteiger partial charge >= 0.3 is 18.2 Å². The van der Waals surface area contributed by atoms with Crippen molar-refractivity contribution in [1.82, 2.24) is 25.5 Å². The van der Waals surface area contributed by atoms with Crippen LogP contribution in [0, 0.1) is 24.7 Å². The Balaban J connectivity index is 1.24. The van der Waals surface area contributed by atoms with Crippen LogP contribution in [0.3, 0.4) is 0 Å². The molecule has 4 aliphatic rings. The summed E-state index contributed by atoms with van der Waals surface area (Å²) < 4.78 is 43.4. The van der Waals surface area contributed by atoms with Crippen LogP contribution in [0.4, 0.5) is 29.6 Å². The number of aromatic nitrogens is 2. The van der Waals surface area contributed by atoms with Crippen molar-refractivity contribution in [1.29, 1.82) is 0 Å². The van der Waals surface area contributed by atoms with Crippen LogP contribution in [0.1, 0.15) is 79.0 Å². The van der Waals surface area contributed by atoms with E-state index in [9.17, 15) is 32.7 Å². The van der Waals surface area contributed by atoms with Crippen molar-refractivity contribution in [2.45, 2.75) is 76.4 Å². The molecule has 2 aromatic rings. The van der Waals surface area contributed by atoms with E-state index in [1.807, 2.05) is 26.0 Å². The van der Waals surface area contributed by atoms with Crippen LogP contribution in [0.2, 0.25) is 0 Å². The summed E-state index contributed by atoms with van der Waals surface area (Å²) in [7, 11) is 0. The molecular formula is C32H39F3N6O4.